The second kappa shape index (κ2) is 2.55. The zero-order chi connectivity index (χ0) is 7.68. The number of nitrogens with zero attached hydrogens (tertiary/aromatic N) is 1. The van der Waals surface area contributed by atoms with Crippen LogP contribution in [0.3, 0.4) is 0 Å². The Morgan fingerprint density at radius 2 is 2.36 bits per heavy atom. The normalized spacial score (nSPS) is 10.6. The topological polar surface area (TPSA) is 28.7 Å². The van der Waals surface area contributed by atoms with Gasteiger partial charge in [0.15, 0.2) is 0 Å². The lowest BCUT2D eigenvalue weighted by Crippen LogP contribution is -1.75. The number of halogens is 1. The number of benzene rings is 1. The number of rotatable bonds is 1. The van der Waals surface area contributed by atoms with Crippen molar-refractivity contribution in [2.75, 3.05) is 0 Å². The SMILES string of the molecule is ClCc1ccc2[nH]ncc2c1. The molecule has 0 unspecified atom stereocenters. The molecule has 3 heteroatoms. The van der Waals surface area contributed by atoms with Crippen molar-refractivity contribution in [1.29, 1.82) is 0 Å². The molecular weight excluding hydrogens is 160 g/mol. The van der Waals surface area contributed by atoms with E-state index < -0.39 is 0 Å². The molecule has 0 aliphatic carbocycles. The van der Waals surface area contributed by atoms with E-state index in [1.807, 2.05) is 18.2 Å². The Kier molecular flexibility index (Phi) is 1.55. The summed E-state index contributed by atoms with van der Waals surface area (Å²) in [6.45, 7) is 0. The molecule has 1 aromatic carbocycles. The number of nitrogens with one attached hydrogen (secondary N) is 1. The average molecular weight is 167 g/mol. The fraction of sp³-hybridized carbons (Fsp3) is 0.125. The fourth-order valence-corrected chi connectivity index (χ4v) is 1.24. The van der Waals surface area contributed by atoms with Gasteiger partial charge in [-0.05, 0) is 17.7 Å². The van der Waals surface area contributed by atoms with E-state index in [0.29, 0.717) is 5.88 Å². The van der Waals surface area contributed by atoms with E-state index in [0.717, 1.165) is 16.5 Å². The summed E-state index contributed by atoms with van der Waals surface area (Å²) in [5, 5.41) is 7.90. The number of aromatic nitrogens is 2. The Hall–Kier alpha value is -1.02. The molecule has 2 nitrogen and oxygen atoms in total. The average Bonchev–Trinajstić information content (AvgIpc) is 2.50. The predicted molar refractivity (Wildman–Crippen MR) is 45.7 cm³/mol. The maximum atomic E-state index is 5.66. The Morgan fingerprint density at radius 1 is 1.45 bits per heavy atom. The van der Waals surface area contributed by atoms with Crippen molar-refractivity contribution in [3.63, 3.8) is 0 Å². The fourth-order valence-electron chi connectivity index (χ4n) is 1.08. The molecule has 1 aromatic heterocycles. The largest absolute Gasteiger partial charge is 0.278 e. The van der Waals surface area contributed by atoms with Gasteiger partial charge in [0.1, 0.15) is 0 Å². The predicted octanol–water partition coefficient (Wildman–Crippen LogP) is 2.30. The van der Waals surface area contributed by atoms with Crippen LogP contribution >= 0.6 is 11.6 Å². The van der Waals surface area contributed by atoms with Gasteiger partial charge in [-0.25, -0.2) is 0 Å². The molecule has 1 heterocycles. The number of hydrogen-bond acceptors (Lipinski definition) is 1. The molecule has 2 rings (SSSR count). The molecule has 0 aliphatic rings. The summed E-state index contributed by atoms with van der Waals surface area (Å²) in [5.41, 5.74) is 2.18. The Bertz CT molecular complexity index is 367. The van der Waals surface area contributed by atoms with E-state index in [4.69, 9.17) is 11.6 Å². The first kappa shape index (κ1) is 6.68. The third-order valence-electron chi connectivity index (χ3n) is 1.66. The van der Waals surface area contributed by atoms with Crippen LogP contribution in [0.25, 0.3) is 10.9 Å². The van der Waals surface area contributed by atoms with Crippen LogP contribution in [0.5, 0.6) is 0 Å². The van der Waals surface area contributed by atoms with Crippen molar-refractivity contribution < 1.29 is 0 Å². The van der Waals surface area contributed by atoms with E-state index >= 15 is 0 Å². The van der Waals surface area contributed by atoms with Gasteiger partial charge in [-0.3, -0.25) is 5.10 Å². The highest BCUT2D eigenvalue weighted by Gasteiger charge is 1.95. The van der Waals surface area contributed by atoms with Gasteiger partial charge >= 0.3 is 0 Å². The summed E-state index contributed by atoms with van der Waals surface area (Å²) in [6.07, 6.45) is 1.80. The molecule has 0 aliphatic heterocycles. The number of hydrogen-bond donors (Lipinski definition) is 1. The summed E-state index contributed by atoms with van der Waals surface area (Å²) in [4.78, 5) is 0. The number of fused-ring (bicyclic) bond motifs is 1. The van der Waals surface area contributed by atoms with Gasteiger partial charge in [-0.2, -0.15) is 5.10 Å². The maximum absolute atomic E-state index is 5.66. The van der Waals surface area contributed by atoms with Crippen LogP contribution in [0.1, 0.15) is 5.56 Å². The van der Waals surface area contributed by atoms with E-state index in [2.05, 4.69) is 10.2 Å². The Labute approximate surface area is 69.2 Å². The van der Waals surface area contributed by atoms with E-state index in [1.165, 1.54) is 0 Å². The lowest BCUT2D eigenvalue weighted by atomic mass is 10.2. The molecule has 0 fully saturated rings. The second-order valence-electron chi connectivity index (χ2n) is 2.43. The van der Waals surface area contributed by atoms with Crippen molar-refractivity contribution in [2.24, 2.45) is 0 Å². The van der Waals surface area contributed by atoms with Gasteiger partial charge in [-0.15, -0.1) is 11.6 Å². The Balaban J connectivity index is 2.67. The molecule has 0 radical (unpaired) electrons. The molecule has 0 spiro atoms. The lowest BCUT2D eigenvalue weighted by Gasteiger charge is -1.92. The van der Waals surface area contributed by atoms with Crippen molar-refractivity contribution >= 4 is 22.5 Å². The van der Waals surface area contributed by atoms with Gasteiger partial charge in [0.05, 0.1) is 11.7 Å². The van der Waals surface area contributed by atoms with Crippen LogP contribution in [0, 0.1) is 0 Å². The van der Waals surface area contributed by atoms with Crippen LogP contribution < -0.4 is 0 Å². The van der Waals surface area contributed by atoms with Crippen LogP contribution in [0.15, 0.2) is 24.4 Å². The first-order valence-corrected chi connectivity index (χ1v) is 3.91. The molecule has 0 atom stereocenters. The van der Waals surface area contributed by atoms with Gasteiger partial charge in [0, 0.05) is 11.3 Å². The second-order valence-corrected chi connectivity index (χ2v) is 2.69. The van der Waals surface area contributed by atoms with Gasteiger partial charge in [0.2, 0.25) is 0 Å². The summed E-state index contributed by atoms with van der Waals surface area (Å²) in [7, 11) is 0. The third kappa shape index (κ3) is 1.10. The van der Waals surface area contributed by atoms with Crippen molar-refractivity contribution in [2.45, 2.75) is 5.88 Å². The first-order valence-electron chi connectivity index (χ1n) is 3.38. The van der Waals surface area contributed by atoms with Gasteiger partial charge in [-0.1, -0.05) is 6.07 Å². The standard InChI is InChI=1S/C8H7ClN2/c9-4-6-1-2-8-7(3-6)5-10-11-8/h1-3,5H,4H2,(H,10,11). The lowest BCUT2D eigenvalue weighted by molar-refractivity contribution is 1.12. The molecule has 11 heavy (non-hydrogen) atoms. The van der Waals surface area contributed by atoms with E-state index in [9.17, 15) is 0 Å². The minimum atomic E-state index is 0.557. The highest BCUT2D eigenvalue weighted by atomic mass is 35.5. The molecule has 0 bridgehead atoms. The van der Waals surface area contributed by atoms with Crippen LogP contribution in [0.2, 0.25) is 0 Å². The summed E-state index contributed by atoms with van der Waals surface area (Å²) in [5.74, 6) is 0.557. The van der Waals surface area contributed by atoms with Crippen LogP contribution in [-0.4, -0.2) is 10.2 Å². The molecule has 0 saturated heterocycles. The molecule has 0 amide bonds. The third-order valence-corrected chi connectivity index (χ3v) is 1.97. The van der Waals surface area contributed by atoms with Crippen LogP contribution in [-0.2, 0) is 5.88 Å². The summed E-state index contributed by atoms with van der Waals surface area (Å²) >= 11 is 5.66. The quantitative estimate of drug-likeness (QED) is 0.647. The Morgan fingerprint density at radius 3 is 3.18 bits per heavy atom. The van der Waals surface area contributed by atoms with Gasteiger partial charge in [0.25, 0.3) is 0 Å². The van der Waals surface area contributed by atoms with Crippen molar-refractivity contribution in [3.05, 3.63) is 30.0 Å². The minimum absolute atomic E-state index is 0.557. The molecule has 1 N–H and O–H groups in total. The number of alkyl halides is 1. The molecule has 56 valence electrons. The summed E-state index contributed by atoms with van der Waals surface area (Å²) in [6, 6.07) is 6.01. The van der Waals surface area contributed by atoms with Gasteiger partial charge < -0.3 is 0 Å². The molecule has 0 saturated carbocycles. The number of aromatic amines is 1. The highest BCUT2D eigenvalue weighted by Crippen LogP contribution is 2.13. The zero-order valence-electron chi connectivity index (χ0n) is 5.84. The molecular formula is C8H7ClN2. The monoisotopic (exact) mass is 166 g/mol. The van der Waals surface area contributed by atoms with Crippen molar-refractivity contribution in [1.82, 2.24) is 10.2 Å². The maximum Gasteiger partial charge on any atom is 0.0650 e. The zero-order valence-corrected chi connectivity index (χ0v) is 6.60. The highest BCUT2D eigenvalue weighted by molar-refractivity contribution is 6.17. The summed E-state index contributed by atoms with van der Waals surface area (Å²) < 4.78 is 0. The van der Waals surface area contributed by atoms with Crippen LogP contribution in [0.4, 0.5) is 0 Å². The first-order chi connectivity index (χ1) is 5.40. The smallest absolute Gasteiger partial charge is 0.0650 e. The minimum Gasteiger partial charge on any atom is -0.278 e. The number of H-pyrrole nitrogens is 1. The van der Waals surface area contributed by atoms with Crippen molar-refractivity contribution in [3.8, 4) is 0 Å². The van der Waals surface area contributed by atoms with E-state index in [-0.39, 0.29) is 0 Å². The molecule has 2 aromatic rings. The van der Waals surface area contributed by atoms with E-state index in [1.54, 1.807) is 6.20 Å².